The van der Waals surface area contributed by atoms with Crippen molar-refractivity contribution in [3.8, 4) is 0 Å². The molecule has 0 spiro atoms. The van der Waals surface area contributed by atoms with E-state index in [1.165, 1.54) is 5.57 Å². The van der Waals surface area contributed by atoms with Gasteiger partial charge in [-0.25, -0.2) is 0 Å². The molecule has 4 atom stereocenters. The number of rotatable bonds is 0. The van der Waals surface area contributed by atoms with Crippen molar-refractivity contribution in [2.24, 2.45) is 11.8 Å². The smallest absolute Gasteiger partial charge is 0.0908 e. The standard InChI is InChI=1S/C12H20O2/c1-8-3-5-10-9(7-8)4-6-11(13)12(10,2)14/h9-11,13-14H,1,3-7H2,2H3/t9?,10?,11-,12?/m1/s1. The molecule has 80 valence electrons. The quantitative estimate of drug-likeness (QED) is 0.581. The van der Waals surface area contributed by atoms with Gasteiger partial charge in [-0.05, 0) is 50.9 Å². The lowest BCUT2D eigenvalue weighted by Gasteiger charge is -2.48. The Labute approximate surface area is 85.6 Å². The molecule has 0 aliphatic heterocycles. The molecule has 0 aromatic carbocycles. The van der Waals surface area contributed by atoms with Crippen molar-refractivity contribution in [3.05, 3.63) is 12.2 Å². The minimum atomic E-state index is -0.871. The number of allylic oxidation sites excluding steroid dienone is 1. The zero-order valence-electron chi connectivity index (χ0n) is 8.87. The van der Waals surface area contributed by atoms with Gasteiger partial charge in [-0.1, -0.05) is 12.2 Å². The van der Waals surface area contributed by atoms with Crippen molar-refractivity contribution in [3.63, 3.8) is 0 Å². The predicted molar refractivity (Wildman–Crippen MR) is 55.8 cm³/mol. The lowest BCUT2D eigenvalue weighted by Crippen LogP contribution is -2.53. The van der Waals surface area contributed by atoms with Crippen LogP contribution in [0.5, 0.6) is 0 Å². The molecule has 2 saturated carbocycles. The summed E-state index contributed by atoms with van der Waals surface area (Å²) < 4.78 is 0. The van der Waals surface area contributed by atoms with Crippen LogP contribution in [0, 0.1) is 11.8 Å². The second-order valence-electron chi connectivity index (χ2n) is 5.18. The van der Waals surface area contributed by atoms with Crippen LogP contribution in [0.1, 0.15) is 39.0 Å². The highest BCUT2D eigenvalue weighted by Gasteiger charge is 2.47. The Kier molecular flexibility index (Phi) is 2.44. The molecule has 0 radical (unpaired) electrons. The Hall–Kier alpha value is -0.340. The lowest BCUT2D eigenvalue weighted by molar-refractivity contribution is -0.148. The molecule has 0 amide bonds. The van der Waals surface area contributed by atoms with Crippen molar-refractivity contribution >= 4 is 0 Å². The van der Waals surface area contributed by atoms with E-state index >= 15 is 0 Å². The number of fused-ring (bicyclic) bond motifs is 1. The van der Waals surface area contributed by atoms with Gasteiger partial charge in [0.25, 0.3) is 0 Å². The maximum atomic E-state index is 10.2. The van der Waals surface area contributed by atoms with Gasteiger partial charge in [0, 0.05) is 0 Å². The van der Waals surface area contributed by atoms with Crippen LogP contribution in [-0.4, -0.2) is 21.9 Å². The summed E-state index contributed by atoms with van der Waals surface area (Å²) in [5, 5.41) is 20.0. The topological polar surface area (TPSA) is 40.5 Å². The van der Waals surface area contributed by atoms with Gasteiger partial charge >= 0.3 is 0 Å². The molecule has 14 heavy (non-hydrogen) atoms. The van der Waals surface area contributed by atoms with Gasteiger partial charge in [-0.2, -0.15) is 0 Å². The molecule has 0 heterocycles. The lowest BCUT2D eigenvalue weighted by atomic mass is 9.62. The highest BCUT2D eigenvalue weighted by molar-refractivity contribution is 5.08. The normalized spacial score (nSPS) is 48.8. The molecule has 3 unspecified atom stereocenters. The molecule has 2 fully saturated rings. The van der Waals surface area contributed by atoms with Crippen LogP contribution in [0.15, 0.2) is 12.2 Å². The number of aliphatic hydroxyl groups is 2. The first-order valence-corrected chi connectivity index (χ1v) is 5.59. The zero-order chi connectivity index (χ0) is 10.3. The van der Waals surface area contributed by atoms with Crippen LogP contribution in [0.2, 0.25) is 0 Å². The fraction of sp³-hybridized carbons (Fsp3) is 0.833. The molecule has 0 saturated heterocycles. The average molecular weight is 196 g/mol. The van der Waals surface area contributed by atoms with E-state index in [1.807, 2.05) is 0 Å². The number of hydrogen-bond donors (Lipinski definition) is 2. The third kappa shape index (κ3) is 1.51. The van der Waals surface area contributed by atoms with Crippen molar-refractivity contribution < 1.29 is 10.2 Å². The summed E-state index contributed by atoms with van der Waals surface area (Å²) in [7, 11) is 0. The maximum absolute atomic E-state index is 10.2. The maximum Gasteiger partial charge on any atom is 0.0908 e. The van der Waals surface area contributed by atoms with Crippen molar-refractivity contribution in [1.29, 1.82) is 0 Å². The highest BCUT2D eigenvalue weighted by Crippen LogP contribution is 2.46. The van der Waals surface area contributed by atoms with Crippen molar-refractivity contribution in [2.45, 2.75) is 50.7 Å². The Bertz CT molecular complexity index is 245. The Balaban J connectivity index is 2.16. The second-order valence-corrected chi connectivity index (χ2v) is 5.18. The summed E-state index contributed by atoms with van der Waals surface area (Å²) >= 11 is 0. The first-order valence-electron chi connectivity index (χ1n) is 5.59. The third-order valence-electron chi connectivity index (χ3n) is 4.17. The first-order chi connectivity index (χ1) is 6.51. The zero-order valence-corrected chi connectivity index (χ0v) is 8.87. The third-order valence-corrected chi connectivity index (χ3v) is 4.17. The molecule has 2 rings (SSSR count). The molecule has 0 bridgehead atoms. The van der Waals surface area contributed by atoms with E-state index in [9.17, 15) is 10.2 Å². The van der Waals surface area contributed by atoms with Crippen LogP contribution in [-0.2, 0) is 0 Å². The van der Waals surface area contributed by atoms with E-state index < -0.39 is 11.7 Å². The molecule has 2 aliphatic rings. The summed E-state index contributed by atoms with van der Waals surface area (Å²) in [6.45, 7) is 5.82. The Morgan fingerprint density at radius 2 is 2.07 bits per heavy atom. The highest BCUT2D eigenvalue weighted by atomic mass is 16.3. The summed E-state index contributed by atoms with van der Waals surface area (Å²) in [4.78, 5) is 0. The molecule has 2 nitrogen and oxygen atoms in total. The van der Waals surface area contributed by atoms with Gasteiger partial charge in [-0.15, -0.1) is 0 Å². The van der Waals surface area contributed by atoms with Crippen LogP contribution < -0.4 is 0 Å². The molecule has 0 aromatic rings. The summed E-state index contributed by atoms with van der Waals surface area (Å²) in [5.41, 5.74) is 0.447. The average Bonchev–Trinajstić information content (AvgIpc) is 2.12. The van der Waals surface area contributed by atoms with Crippen LogP contribution in [0.3, 0.4) is 0 Å². The minimum absolute atomic E-state index is 0.275. The fourth-order valence-corrected chi connectivity index (χ4v) is 3.19. The second kappa shape index (κ2) is 3.35. The van der Waals surface area contributed by atoms with E-state index in [2.05, 4.69) is 6.58 Å². The summed E-state index contributed by atoms with van der Waals surface area (Å²) in [5.74, 6) is 0.825. The van der Waals surface area contributed by atoms with Crippen molar-refractivity contribution in [2.75, 3.05) is 0 Å². The van der Waals surface area contributed by atoms with E-state index in [0.29, 0.717) is 5.92 Å². The Morgan fingerprint density at radius 1 is 1.36 bits per heavy atom. The summed E-state index contributed by atoms with van der Waals surface area (Å²) in [6, 6.07) is 0. The molecule has 2 aliphatic carbocycles. The van der Waals surface area contributed by atoms with Crippen LogP contribution >= 0.6 is 0 Å². The van der Waals surface area contributed by atoms with E-state index in [1.54, 1.807) is 6.92 Å². The van der Waals surface area contributed by atoms with E-state index in [4.69, 9.17) is 0 Å². The molecular formula is C12H20O2. The van der Waals surface area contributed by atoms with Gasteiger partial charge in [0.15, 0.2) is 0 Å². The molecule has 0 aromatic heterocycles. The van der Waals surface area contributed by atoms with Crippen molar-refractivity contribution in [1.82, 2.24) is 0 Å². The number of aliphatic hydroxyl groups excluding tert-OH is 1. The van der Waals surface area contributed by atoms with Gasteiger partial charge in [-0.3, -0.25) is 0 Å². The molecule has 2 heteroatoms. The first kappa shape index (κ1) is 10.2. The van der Waals surface area contributed by atoms with Crippen LogP contribution in [0.4, 0.5) is 0 Å². The van der Waals surface area contributed by atoms with Gasteiger partial charge in [0.2, 0.25) is 0 Å². The van der Waals surface area contributed by atoms with Gasteiger partial charge < -0.3 is 10.2 Å². The van der Waals surface area contributed by atoms with E-state index in [0.717, 1.165) is 32.1 Å². The van der Waals surface area contributed by atoms with Crippen LogP contribution in [0.25, 0.3) is 0 Å². The van der Waals surface area contributed by atoms with E-state index in [-0.39, 0.29) is 5.92 Å². The number of hydrogen-bond acceptors (Lipinski definition) is 2. The monoisotopic (exact) mass is 196 g/mol. The predicted octanol–water partition coefficient (Wildman–Crippen LogP) is 1.86. The van der Waals surface area contributed by atoms with Gasteiger partial charge in [0.1, 0.15) is 0 Å². The fourth-order valence-electron chi connectivity index (χ4n) is 3.19. The molecular weight excluding hydrogens is 176 g/mol. The Morgan fingerprint density at radius 3 is 2.79 bits per heavy atom. The van der Waals surface area contributed by atoms with Gasteiger partial charge in [0.05, 0.1) is 11.7 Å². The largest absolute Gasteiger partial charge is 0.390 e. The molecule has 2 N–H and O–H groups in total. The SMILES string of the molecule is C=C1CCC2C(CC[C@@H](O)C2(C)O)C1. The summed E-state index contributed by atoms with van der Waals surface area (Å²) in [6.07, 6.45) is 4.31. The minimum Gasteiger partial charge on any atom is -0.390 e.